The highest BCUT2D eigenvalue weighted by atomic mass is 16.5. The van der Waals surface area contributed by atoms with Crippen LogP contribution in [0.25, 0.3) is 6.08 Å². The van der Waals surface area contributed by atoms with Crippen LogP contribution in [0.5, 0.6) is 11.5 Å². The topological polar surface area (TPSA) is 65.5 Å². The Balaban J connectivity index is 1.51. The van der Waals surface area contributed by atoms with Gasteiger partial charge in [-0.05, 0) is 59.0 Å². The standard InChI is InChI=1S/C25H21NO4/c1-25(2,3)18-6-4-17(5-7-18)24(28)29-19-8-9-20-21(15-19)30-22(23(20)27)14-16-10-12-26-13-11-16/h4-15H,1-3H3/b22-14+. The van der Waals surface area contributed by atoms with Crippen molar-refractivity contribution in [2.24, 2.45) is 0 Å². The third-order valence-corrected chi connectivity index (χ3v) is 4.84. The molecule has 4 rings (SSSR count). The summed E-state index contributed by atoms with van der Waals surface area (Å²) in [6.07, 6.45) is 4.95. The highest BCUT2D eigenvalue weighted by molar-refractivity contribution is 6.14. The number of hydrogen-bond acceptors (Lipinski definition) is 5. The molecule has 0 fully saturated rings. The number of ketones is 1. The van der Waals surface area contributed by atoms with Crippen LogP contribution in [0.4, 0.5) is 0 Å². The number of carbonyl (C=O) groups excluding carboxylic acids is 2. The average Bonchev–Trinajstić information content (AvgIpc) is 3.03. The Morgan fingerprint density at radius 2 is 1.70 bits per heavy atom. The number of pyridine rings is 1. The van der Waals surface area contributed by atoms with Crippen LogP contribution in [0.2, 0.25) is 0 Å². The second-order valence-electron chi connectivity index (χ2n) is 8.10. The van der Waals surface area contributed by atoms with Gasteiger partial charge < -0.3 is 9.47 Å². The second-order valence-corrected chi connectivity index (χ2v) is 8.10. The molecule has 0 N–H and O–H groups in total. The molecular formula is C25H21NO4. The smallest absolute Gasteiger partial charge is 0.343 e. The molecule has 0 amide bonds. The van der Waals surface area contributed by atoms with Gasteiger partial charge in [0.1, 0.15) is 11.5 Å². The first-order chi connectivity index (χ1) is 14.3. The van der Waals surface area contributed by atoms with Crippen molar-refractivity contribution in [1.82, 2.24) is 4.98 Å². The molecule has 0 spiro atoms. The van der Waals surface area contributed by atoms with E-state index in [2.05, 4.69) is 25.8 Å². The maximum atomic E-state index is 12.6. The van der Waals surface area contributed by atoms with E-state index in [0.717, 1.165) is 11.1 Å². The van der Waals surface area contributed by atoms with Gasteiger partial charge in [0.15, 0.2) is 5.76 Å². The van der Waals surface area contributed by atoms with Gasteiger partial charge in [-0.25, -0.2) is 4.79 Å². The first kappa shape index (κ1) is 19.6. The first-order valence-electron chi connectivity index (χ1n) is 9.62. The number of rotatable bonds is 3. The second kappa shape index (κ2) is 7.59. The Bertz CT molecular complexity index is 1140. The van der Waals surface area contributed by atoms with E-state index in [4.69, 9.17) is 9.47 Å². The molecule has 1 aliphatic rings. The summed E-state index contributed by atoms with van der Waals surface area (Å²) in [5.41, 5.74) is 2.85. The van der Waals surface area contributed by atoms with Crippen molar-refractivity contribution in [3.05, 3.63) is 95.0 Å². The van der Waals surface area contributed by atoms with Gasteiger partial charge in [-0.15, -0.1) is 0 Å². The summed E-state index contributed by atoms with van der Waals surface area (Å²) < 4.78 is 11.2. The Kier molecular flexibility index (Phi) is 4.96. The molecule has 5 nitrogen and oxygen atoms in total. The van der Waals surface area contributed by atoms with Crippen LogP contribution in [0.15, 0.2) is 72.8 Å². The van der Waals surface area contributed by atoms with Gasteiger partial charge in [0, 0.05) is 18.5 Å². The average molecular weight is 399 g/mol. The molecule has 0 atom stereocenters. The Morgan fingerprint density at radius 1 is 1.00 bits per heavy atom. The number of nitrogens with zero attached hydrogens (tertiary/aromatic N) is 1. The lowest BCUT2D eigenvalue weighted by Gasteiger charge is -2.18. The number of benzene rings is 2. The third-order valence-electron chi connectivity index (χ3n) is 4.84. The van der Waals surface area contributed by atoms with Gasteiger partial charge in [0.25, 0.3) is 0 Å². The Labute approximate surface area is 175 Å². The van der Waals surface area contributed by atoms with E-state index in [1.54, 1.807) is 60.9 Å². The lowest BCUT2D eigenvalue weighted by Crippen LogP contribution is -2.12. The van der Waals surface area contributed by atoms with E-state index in [1.165, 1.54) is 0 Å². The fourth-order valence-corrected chi connectivity index (χ4v) is 3.11. The Morgan fingerprint density at radius 3 is 2.37 bits per heavy atom. The summed E-state index contributed by atoms with van der Waals surface area (Å²) in [4.78, 5) is 29.0. The zero-order valence-corrected chi connectivity index (χ0v) is 17.0. The van der Waals surface area contributed by atoms with Crippen molar-refractivity contribution in [3.63, 3.8) is 0 Å². The molecule has 1 aromatic heterocycles. The van der Waals surface area contributed by atoms with Gasteiger partial charge in [-0.2, -0.15) is 0 Å². The molecule has 3 aromatic rings. The fraction of sp³-hybridized carbons (Fsp3) is 0.160. The molecule has 1 aliphatic heterocycles. The molecule has 0 saturated carbocycles. The van der Waals surface area contributed by atoms with Crippen LogP contribution in [-0.4, -0.2) is 16.7 Å². The van der Waals surface area contributed by atoms with Crippen molar-refractivity contribution in [2.75, 3.05) is 0 Å². The predicted molar refractivity (Wildman–Crippen MR) is 114 cm³/mol. The zero-order valence-electron chi connectivity index (χ0n) is 17.0. The minimum atomic E-state index is -0.465. The normalized spacial score (nSPS) is 14.4. The lowest BCUT2D eigenvalue weighted by molar-refractivity contribution is 0.0734. The molecule has 5 heteroatoms. The minimum Gasteiger partial charge on any atom is -0.452 e. The molecule has 0 unspecified atom stereocenters. The molecule has 150 valence electrons. The SMILES string of the molecule is CC(C)(C)c1ccc(C(=O)Oc2ccc3c(c2)O/C(=C/c2ccncc2)C3=O)cc1. The number of fused-ring (bicyclic) bond motifs is 1. The maximum Gasteiger partial charge on any atom is 0.343 e. The quantitative estimate of drug-likeness (QED) is 0.343. The van der Waals surface area contributed by atoms with Crippen molar-refractivity contribution < 1.29 is 19.1 Å². The monoisotopic (exact) mass is 399 g/mol. The molecule has 0 saturated heterocycles. The molecule has 0 aliphatic carbocycles. The largest absolute Gasteiger partial charge is 0.452 e. The van der Waals surface area contributed by atoms with E-state index < -0.39 is 5.97 Å². The maximum absolute atomic E-state index is 12.6. The van der Waals surface area contributed by atoms with Crippen LogP contribution in [0.3, 0.4) is 0 Å². The highest BCUT2D eigenvalue weighted by Crippen LogP contribution is 2.35. The molecule has 2 heterocycles. The number of allylic oxidation sites excluding steroid dienone is 1. The number of ether oxygens (including phenoxy) is 2. The summed E-state index contributed by atoms with van der Waals surface area (Å²) in [6, 6.07) is 15.7. The van der Waals surface area contributed by atoms with E-state index >= 15 is 0 Å². The van der Waals surface area contributed by atoms with Crippen LogP contribution < -0.4 is 9.47 Å². The summed E-state index contributed by atoms with van der Waals surface area (Å²) >= 11 is 0. The summed E-state index contributed by atoms with van der Waals surface area (Å²) in [7, 11) is 0. The van der Waals surface area contributed by atoms with Crippen molar-refractivity contribution in [1.29, 1.82) is 0 Å². The van der Waals surface area contributed by atoms with Gasteiger partial charge in [0.2, 0.25) is 5.78 Å². The number of aromatic nitrogens is 1. The summed E-state index contributed by atoms with van der Waals surface area (Å²) in [5.74, 6) is 0.229. The molecule has 2 aromatic carbocycles. The van der Waals surface area contributed by atoms with E-state index in [9.17, 15) is 9.59 Å². The van der Waals surface area contributed by atoms with Gasteiger partial charge in [-0.3, -0.25) is 9.78 Å². The van der Waals surface area contributed by atoms with Crippen molar-refractivity contribution >= 4 is 17.8 Å². The molecule has 0 bridgehead atoms. The molecular weight excluding hydrogens is 378 g/mol. The minimum absolute atomic E-state index is 0.00772. The number of carbonyl (C=O) groups is 2. The van der Waals surface area contributed by atoms with Crippen molar-refractivity contribution in [3.8, 4) is 11.5 Å². The number of hydrogen-bond donors (Lipinski definition) is 0. The predicted octanol–water partition coefficient (Wildman–Crippen LogP) is 5.21. The van der Waals surface area contributed by atoms with Gasteiger partial charge in [0.05, 0.1) is 11.1 Å². The van der Waals surface area contributed by atoms with E-state index in [0.29, 0.717) is 22.6 Å². The van der Waals surface area contributed by atoms with E-state index in [1.807, 2.05) is 12.1 Å². The van der Waals surface area contributed by atoms with Crippen LogP contribution in [-0.2, 0) is 5.41 Å². The van der Waals surface area contributed by atoms with Gasteiger partial charge >= 0.3 is 5.97 Å². The fourth-order valence-electron chi connectivity index (χ4n) is 3.11. The number of esters is 1. The highest BCUT2D eigenvalue weighted by Gasteiger charge is 2.28. The molecule has 30 heavy (non-hydrogen) atoms. The summed E-state index contributed by atoms with van der Waals surface area (Å²) in [5, 5.41) is 0. The first-order valence-corrected chi connectivity index (χ1v) is 9.62. The van der Waals surface area contributed by atoms with Gasteiger partial charge in [-0.1, -0.05) is 32.9 Å². The Hall–Kier alpha value is -3.73. The molecule has 0 radical (unpaired) electrons. The third kappa shape index (κ3) is 4.01. The lowest BCUT2D eigenvalue weighted by atomic mass is 9.87. The number of Topliss-reactive ketones (excluding diaryl/α,β-unsaturated/α-hetero) is 1. The zero-order chi connectivity index (χ0) is 21.3. The van der Waals surface area contributed by atoms with Crippen LogP contribution >= 0.6 is 0 Å². The van der Waals surface area contributed by atoms with E-state index in [-0.39, 0.29) is 17.0 Å². The summed E-state index contributed by atoms with van der Waals surface area (Å²) in [6.45, 7) is 6.34. The van der Waals surface area contributed by atoms with Crippen LogP contribution in [0, 0.1) is 0 Å². The van der Waals surface area contributed by atoms with Crippen molar-refractivity contribution in [2.45, 2.75) is 26.2 Å². The van der Waals surface area contributed by atoms with Crippen LogP contribution in [0.1, 0.15) is 52.6 Å².